The standard InChI is InChI=1S/C19H25NO5S/c1-13-6-8-15(9-7-13)26(24,25)11-10-18(21)20-16-5-3-2-4-14(16)12-17(20)19(22)23/h6-9,14,16-17H,2-5,10-12H2,1H3,(H,22,23)/t14-,16+,17+/m1/s1. The van der Waals surface area contributed by atoms with Crippen molar-refractivity contribution in [2.75, 3.05) is 5.75 Å². The summed E-state index contributed by atoms with van der Waals surface area (Å²) in [6.07, 6.45) is 4.11. The van der Waals surface area contributed by atoms with Crippen molar-refractivity contribution in [3.63, 3.8) is 0 Å². The van der Waals surface area contributed by atoms with Crippen LogP contribution in [0.1, 0.15) is 44.1 Å². The molecule has 2 fully saturated rings. The topological polar surface area (TPSA) is 91.8 Å². The van der Waals surface area contributed by atoms with Crippen LogP contribution in [0.2, 0.25) is 0 Å². The monoisotopic (exact) mass is 379 g/mol. The summed E-state index contributed by atoms with van der Waals surface area (Å²) >= 11 is 0. The van der Waals surface area contributed by atoms with Gasteiger partial charge in [-0.25, -0.2) is 13.2 Å². The SMILES string of the molecule is Cc1ccc(S(=O)(=O)CCC(=O)N2[C@H](C(=O)O)C[C@H]3CCCC[C@@H]32)cc1. The van der Waals surface area contributed by atoms with Gasteiger partial charge in [-0.2, -0.15) is 0 Å². The highest BCUT2D eigenvalue weighted by molar-refractivity contribution is 7.91. The summed E-state index contributed by atoms with van der Waals surface area (Å²) in [6, 6.07) is 5.66. The highest BCUT2D eigenvalue weighted by atomic mass is 32.2. The molecule has 0 aromatic heterocycles. The van der Waals surface area contributed by atoms with E-state index in [1.165, 1.54) is 4.90 Å². The van der Waals surface area contributed by atoms with Crippen molar-refractivity contribution >= 4 is 21.7 Å². The lowest BCUT2D eigenvalue weighted by molar-refractivity contribution is -0.149. The van der Waals surface area contributed by atoms with Crippen molar-refractivity contribution in [2.24, 2.45) is 5.92 Å². The predicted molar refractivity (Wildman–Crippen MR) is 96.5 cm³/mol. The molecule has 0 spiro atoms. The molecule has 0 unspecified atom stereocenters. The molecule has 1 saturated heterocycles. The summed E-state index contributed by atoms with van der Waals surface area (Å²) in [4.78, 5) is 26.0. The maximum atomic E-state index is 12.7. The molecule has 7 heteroatoms. The van der Waals surface area contributed by atoms with Crippen LogP contribution in [0.5, 0.6) is 0 Å². The summed E-state index contributed by atoms with van der Waals surface area (Å²) < 4.78 is 24.9. The van der Waals surface area contributed by atoms with Gasteiger partial charge in [-0.1, -0.05) is 30.5 Å². The first-order chi connectivity index (χ1) is 12.3. The quantitative estimate of drug-likeness (QED) is 0.848. The number of likely N-dealkylation sites (tertiary alicyclic amines) is 1. The average Bonchev–Trinajstić information content (AvgIpc) is 3.00. The van der Waals surface area contributed by atoms with E-state index in [0.29, 0.717) is 6.42 Å². The van der Waals surface area contributed by atoms with E-state index in [2.05, 4.69) is 0 Å². The fourth-order valence-electron chi connectivity index (χ4n) is 4.25. The number of aryl methyl sites for hydroxylation is 1. The van der Waals surface area contributed by atoms with Gasteiger partial charge in [0.25, 0.3) is 0 Å². The van der Waals surface area contributed by atoms with E-state index in [4.69, 9.17) is 0 Å². The lowest BCUT2D eigenvalue weighted by Gasteiger charge is -2.33. The smallest absolute Gasteiger partial charge is 0.326 e. The van der Waals surface area contributed by atoms with Gasteiger partial charge in [-0.05, 0) is 44.2 Å². The summed E-state index contributed by atoms with van der Waals surface area (Å²) in [6.45, 7) is 1.87. The largest absolute Gasteiger partial charge is 0.480 e. The van der Waals surface area contributed by atoms with Gasteiger partial charge in [0.15, 0.2) is 9.84 Å². The Labute approximate surface area is 154 Å². The van der Waals surface area contributed by atoms with Gasteiger partial charge in [0.1, 0.15) is 6.04 Å². The fraction of sp³-hybridized carbons (Fsp3) is 0.579. The molecule has 3 rings (SSSR count). The zero-order valence-electron chi connectivity index (χ0n) is 14.9. The summed E-state index contributed by atoms with van der Waals surface area (Å²) in [5, 5.41) is 9.50. The Morgan fingerprint density at radius 3 is 2.46 bits per heavy atom. The summed E-state index contributed by atoms with van der Waals surface area (Å²) in [7, 11) is -3.56. The Balaban J connectivity index is 1.71. The minimum absolute atomic E-state index is 0.0561. The second-order valence-corrected chi connectivity index (χ2v) is 9.49. The number of nitrogens with zero attached hydrogens (tertiary/aromatic N) is 1. The Morgan fingerprint density at radius 1 is 1.15 bits per heavy atom. The number of hydrogen-bond donors (Lipinski definition) is 1. The Morgan fingerprint density at radius 2 is 1.81 bits per heavy atom. The van der Waals surface area contributed by atoms with Crippen LogP contribution in [-0.4, -0.2) is 48.1 Å². The van der Waals surface area contributed by atoms with E-state index in [1.807, 2.05) is 6.92 Å². The molecular formula is C19H25NO5S. The molecule has 6 nitrogen and oxygen atoms in total. The average molecular weight is 379 g/mol. The van der Waals surface area contributed by atoms with Crippen molar-refractivity contribution in [3.05, 3.63) is 29.8 Å². The van der Waals surface area contributed by atoms with Crippen LogP contribution < -0.4 is 0 Å². The number of carboxylic acids is 1. The van der Waals surface area contributed by atoms with Crippen LogP contribution in [0.15, 0.2) is 29.2 Å². The second kappa shape index (κ2) is 7.39. The van der Waals surface area contributed by atoms with Crippen molar-refractivity contribution in [1.29, 1.82) is 0 Å². The number of benzene rings is 1. The minimum Gasteiger partial charge on any atom is -0.480 e. The molecule has 1 aromatic rings. The van der Waals surface area contributed by atoms with Gasteiger partial charge >= 0.3 is 5.97 Å². The number of amides is 1. The normalized spacial score (nSPS) is 25.7. The minimum atomic E-state index is -3.56. The number of hydrogen-bond acceptors (Lipinski definition) is 4. The van der Waals surface area contributed by atoms with Crippen molar-refractivity contribution in [1.82, 2.24) is 4.90 Å². The molecule has 3 atom stereocenters. The Kier molecular flexibility index (Phi) is 5.37. The molecule has 1 amide bonds. The molecule has 1 aliphatic carbocycles. The van der Waals surface area contributed by atoms with Gasteiger partial charge in [-0.3, -0.25) is 4.79 Å². The molecule has 2 aliphatic rings. The molecule has 1 saturated carbocycles. The molecule has 1 aliphatic heterocycles. The number of carbonyl (C=O) groups excluding carboxylic acids is 1. The number of fused-ring (bicyclic) bond motifs is 1. The van der Waals surface area contributed by atoms with Crippen molar-refractivity contribution < 1.29 is 23.1 Å². The number of carbonyl (C=O) groups is 2. The lowest BCUT2D eigenvalue weighted by Crippen LogP contribution is -2.46. The fourth-order valence-corrected chi connectivity index (χ4v) is 5.48. The lowest BCUT2D eigenvalue weighted by atomic mass is 9.84. The molecule has 1 N–H and O–H groups in total. The van der Waals surface area contributed by atoms with Gasteiger partial charge < -0.3 is 10.0 Å². The van der Waals surface area contributed by atoms with E-state index < -0.39 is 21.8 Å². The molecule has 1 heterocycles. The van der Waals surface area contributed by atoms with Crippen LogP contribution in [0.3, 0.4) is 0 Å². The highest BCUT2D eigenvalue weighted by Gasteiger charge is 2.47. The third-order valence-electron chi connectivity index (χ3n) is 5.63. The van der Waals surface area contributed by atoms with E-state index in [1.54, 1.807) is 24.3 Å². The maximum Gasteiger partial charge on any atom is 0.326 e. The van der Waals surface area contributed by atoms with Crippen LogP contribution in [0.4, 0.5) is 0 Å². The third kappa shape index (κ3) is 3.77. The Hall–Kier alpha value is -1.89. The number of aliphatic carboxylic acids is 1. The maximum absolute atomic E-state index is 12.7. The van der Waals surface area contributed by atoms with Crippen LogP contribution in [0, 0.1) is 12.8 Å². The molecule has 0 bridgehead atoms. The van der Waals surface area contributed by atoms with Crippen molar-refractivity contribution in [3.8, 4) is 0 Å². The summed E-state index contributed by atoms with van der Waals surface area (Å²) in [5.74, 6) is -1.42. The van der Waals surface area contributed by atoms with Gasteiger partial charge in [0.05, 0.1) is 10.6 Å². The van der Waals surface area contributed by atoms with Crippen molar-refractivity contribution in [2.45, 2.75) is 62.4 Å². The molecule has 1 aromatic carbocycles. The molecule has 142 valence electrons. The third-order valence-corrected chi connectivity index (χ3v) is 7.36. The first kappa shape index (κ1) is 18.9. The molecule has 0 radical (unpaired) electrons. The van der Waals surface area contributed by atoms with E-state index in [9.17, 15) is 23.1 Å². The van der Waals surface area contributed by atoms with Gasteiger partial charge in [0, 0.05) is 12.5 Å². The second-order valence-electron chi connectivity index (χ2n) is 7.38. The number of sulfone groups is 1. The predicted octanol–water partition coefficient (Wildman–Crippen LogP) is 2.40. The van der Waals surface area contributed by atoms with E-state index in [0.717, 1.165) is 31.2 Å². The first-order valence-electron chi connectivity index (χ1n) is 9.13. The zero-order valence-corrected chi connectivity index (χ0v) is 15.7. The Bertz CT molecular complexity index is 787. The van der Waals surface area contributed by atoms with E-state index >= 15 is 0 Å². The number of carboxylic acid groups (broad SMARTS) is 1. The summed E-state index contributed by atoms with van der Waals surface area (Å²) in [5.41, 5.74) is 0.963. The van der Waals surface area contributed by atoms with Gasteiger partial charge in [-0.15, -0.1) is 0 Å². The van der Waals surface area contributed by atoms with Gasteiger partial charge in [0.2, 0.25) is 5.91 Å². The molecule has 26 heavy (non-hydrogen) atoms. The van der Waals surface area contributed by atoms with E-state index in [-0.39, 0.29) is 34.9 Å². The van der Waals surface area contributed by atoms with Crippen LogP contribution in [-0.2, 0) is 19.4 Å². The zero-order chi connectivity index (χ0) is 18.9. The van der Waals surface area contributed by atoms with Crippen LogP contribution in [0.25, 0.3) is 0 Å². The highest BCUT2D eigenvalue weighted by Crippen LogP contribution is 2.40. The first-order valence-corrected chi connectivity index (χ1v) is 10.8. The van der Waals surface area contributed by atoms with Crippen LogP contribution >= 0.6 is 0 Å². The number of rotatable bonds is 5. The molecular weight excluding hydrogens is 354 g/mol.